The Labute approximate surface area is 195 Å². The molecule has 0 radical (unpaired) electrons. The van der Waals surface area contributed by atoms with Gasteiger partial charge in [-0.1, -0.05) is 19.9 Å². The maximum atomic E-state index is 12.8. The molecule has 2 aliphatic rings. The number of thioether (sulfide) groups is 1. The zero-order valence-corrected chi connectivity index (χ0v) is 19.9. The van der Waals surface area contributed by atoms with Crippen molar-refractivity contribution in [2.75, 3.05) is 0 Å². The number of non-ortho nitro benzene ring substituents is 1. The van der Waals surface area contributed by atoms with E-state index >= 15 is 0 Å². The van der Waals surface area contributed by atoms with Gasteiger partial charge in [-0.3, -0.25) is 20.3 Å². The number of nitro benzene ring substituents is 1. The summed E-state index contributed by atoms with van der Waals surface area (Å²) >= 11 is 1.33. The van der Waals surface area contributed by atoms with E-state index in [9.17, 15) is 14.9 Å². The number of hydrogen-bond donors (Lipinski definition) is 1. The van der Waals surface area contributed by atoms with Gasteiger partial charge in [0.1, 0.15) is 5.04 Å². The molecule has 0 aliphatic carbocycles. The Hall–Kier alpha value is -3.53. The number of carbonyl (C=O) groups excluding carboxylic acids is 1. The van der Waals surface area contributed by atoms with Gasteiger partial charge >= 0.3 is 0 Å². The van der Waals surface area contributed by atoms with Crippen molar-refractivity contribution in [3.63, 3.8) is 0 Å². The average molecular weight is 465 g/mol. The first-order chi connectivity index (χ1) is 15.6. The summed E-state index contributed by atoms with van der Waals surface area (Å²) in [5, 5.41) is 27.0. The van der Waals surface area contributed by atoms with Gasteiger partial charge in [0, 0.05) is 29.9 Å². The summed E-state index contributed by atoms with van der Waals surface area (Å²) in [6.45, 7) is 9.85. The molecular weight excluding hydrogens is 440 g/mol. The fraction of sp³-hybridized carbons (Fsp3) is 0.304. The van der Waals surface area contributed by atoms with Crippen LogP contribution in [0.3, 0.4) is 0 Å². The Bertz CT molecular complexity index is 1300. The van der Waals surface area contributed by atoms with Gasteiger partial charge in [-0.25, -0.2) is 0 Å². The molecular formula is C23H24N6O3S. The fourth-order valence-corrected chi connectivity index (χ4v) is 4.97. The second-order valence-electron chi connectivity index (χ2n) is 8.50. The summed E-state index contributed by atoms with van der Waals surface area (Å²) in [6.07, 6.45) is 2.40. The van der Waals surface area contributed by atoms with Crippen LogP contribution in [0.2, 0.25) is 0 Å². The first-order valence-electron chi connectivity index (χ1n) is 10.5. The van der Waals surface area contributed by atoms with E-state index in [1.807, 2.05) is 31.4 Å². The molecule has 2 aromatic rings. The molecule has 0 spiro atoms. The molecule has 1 amide bonds. The summed E-state index contributed by atoms with van der Waals surface area (Å²) < 4.78 is 1.92. The Balaban J connectivity index is 1.74. The lowest BCUT2D eigenvalue weighted by Gasteiger charge is -2.20. The lowest BCUT2D eigenvalue weighted by Crippen LogP contribution is -2.35. The number of hydrazone groups is 1. The molecule has 0 bridgehead atoms. The fourth-order valence-electron chi connectivity index (χ4n) is 3.88. The molecule has 2 aliphatic heterocycles. The molecule has 0 saturated heterocycles. The molecule has 4 rings (SSSR count). The summed E-state index contributed by atoms with van der Waals surface area (Å²) in [7, 11) is 0. The van der Waals surface area contributed by atoms with Crippen molar-refractivity contribution in [2.24, 2.45) is 16.0 Å². The predicted octanol–water partition coefficient (Wildman–Crippen LogP) is 4.98. The molecule has 0 atom stereocenters. The van der Waals surface area contributed by atoms with Crippen molar-refractivity contribution in [3.05, 3.63) is 62.5 Å². The van der Waals surface area contributed by atoms with Gasteiger partial charge in [0.05, 0.1) is 16.2 Å². The molecule has 33 heavy (non-hydrogen) atoms. The third-order valence-electron chi connectivity index (χ3n) is 5.49. The normalized spacial score (nSPS) is 17.0. The Morgan fingerprint density at radius 3 is 2.64 bits per heavy atom. The van der Waals surface area contributed by atoms with Crippen molar-refractivity contribution in [3.8, 4) is 5.69 Å². The third-order valence-corrected chi connectivity index (χ3v) is 6.42. The smallest absolute Gasteiger partial charge is 0.283 e. The van der Waals surface area contributed by atoms with Crippen LogP contribution in [0.4, 0.5) is 5.69 Å². The highest BCUT2D eigenvalue weighted by molar-refractivity contribution is 8.26. The maximum Gasteiger partial charge on any atom is 0.283 e. The van der Waals surface area contributed by atoms with Crippen LogP contribution in [0.25, 0.3) is 11.8 Å². The molecule has 1 N–H and O–H groups in total. The monoisotopic (exact) mass is 464 g/mol. The number of carbonyl (C=O) groups is 1. The highest BCUT2D eigenvalue weighted by atomic mass is 32.2. The number of benzene rings is 1. The molecule has 9 nitrogen and oxygen atoms in total. The van der Waals surface area contributed by atoms with Gasteiger partial charge < -0.3 is 4.57 Å². The van der Waals surface area contributed by atoms with E-state index in [-0.39, 0.29) is 17.1 Å². The van der Waals surface area contributed by atoms with Crippen LogP contribution in [0, 0.1) is 42.2 Å². The number of nitro groups is 1. The van der Waals surface area contributed by atoms with Gasteiger partial charge in [-0.15, -0.1) is 0 Å². The maximum absolute atomic E-state index is 12.8. The van der Waals surface area contributed by atoms with Crippen molar-refractivity contribution in [2.45, 2.75) is 41.0 Å². The van der Waals surface area contributed by atoms with Crippen molar-refractivity contribution < 1.29 is 9.72 Å². The van der Waals surface area contributed by atoms with Crippen LogP contribution < -0.4 is 0 Å². The van der Waals surface area contributed by atoms with Crippen LogP contribution >= 0.6 is 11.8 Å². The molecule has 1 aromatic carbocycles. The lowest BCUT2D eigenvalue weighted by molar-refractivity contribution is -0.384. The summed E-state index contributed by atoms with van der Waals surface area (Å²) in [5.41, 5.74) is 4.16. The molecule has 0 saturated carbocycles. The highest BCUT2D eigenvalue weighted by Gasteiger charge is 2.35. The first-order valence-corrected chi connectivity index (χ1v) is 11.3. The van der Waals surface area contributed by atoms with Crippen molar-refractivity contribution in [1.82, 2.24) is 9.58 Å². The van der Waals surface area contributed by atoms with Gasteiger partial charge in [-0.2, -0.15) is 15.1 Å². The summed E-state index contributed by atoms with van der Waals surface area (Å²) in [5.74, 6) is -0.0792. The molecule has 3 heterocycles. The minimum atomic E-state index is -0.476. The van der Waals surface area contributed by atoms with E-state index in [4.69, 9.17) is 5.41 Å². The largest absolute Gasteiger partial charge is 0.317 e. The lowest BCUT2D eigenvalue weighted by atomic mass is 10.1. The zero-order chi connectivity index (χ0) is 24.0. The van der Waals surface area contributed by atoms with Gasteiger partial charge in [0.2, 0.25) is 5.17 Å². The third kappa shape index (κ3) is 4.13. The standard InChI is InChI=1S/C23H24N6O3S/c1-12(2)8-20-26-28-21(24)18(22(30)25-23(28)33-20)10-16-9-14(4)27(15(16)5)19-11-17(29(31)32)7-6-13(19)3/h6-7,9-12,24H,8H2,1-5H3/b18-10-,24-21?. The Morgan fingerprint density at radius 1 is 1.24 bits per heavy atom. The van der Waals surface area contributed by atoms with Crippen LogP contribution in [-0.4, -0.2) is 36.5 Å². The molecule has 0 fully saturated rings. The van der Waals surface area contributed by atoms with E-state index in [0.717, 1.165) is 34.0 Å². The molecule has 170 valence electrons. The van der Waals surface area contributed by atoms with Gasteiger partial charge in [-0.05, 0) is 61.7 Å². The van der Waals surface area contributed by atoms with E-state index in [1.54, 1.807) is 18.2 Å². The van der Waals surface area contributed by atoms with Crippen LogP contribution in [0.15, 0.2) is 39.9 Å². The van der Waals surface area contributed by atoms with Crippen LogP contribution in [0.5, 0.6) is 0 Å². The Kier molecular flexibility index (Phi) is 5.79. The molecule has 0 unspecified atom stereocenters. The van der Waals surface area contributed by atoms with E-state index < -0.39 is 10.8 Å². The predicted molar refractivity (Wildman–Crippen MR) is 131 cm³/mol. The van der Waals surface area contributed by atoms with Crippen molar-refractivity contribution in [1.29, 1.82) is 5.41 Å². The quantitative estimate of drug-likeness (QED) is 0.381. The Morgan fingerprint density at radius 2 is 1.97 bits per heavy atom. The van der Waals surface area contributed by atoms with Crippen molar-refractivity contribution >= 4 is 45.5 Å². The number of nitrogens with zero attached hydrogens (tertiary/aromatic N) is 5. The zero-order valence-electron chi connectivity index (χ0n) is 19.0. The molecule has 10 heteroatoms. The number of nitrogens with one attached hydrogen (secondary N) is 1. The second-order valence-corrected chi connectivity index (χ2v) is 9.54. The minimum Gasteiger partial charge on any atom is -0.317 e. The number of aliphatic imine (C=N–C) groups is 1. The summed E-state index contributed by atoms with van der Waals surface area (Å²) in [4.78, 5) is 27.8. The molecule has 1 aromatic heterocycles. The van der Waals surface area contributed by atoms with Crippen LogP contribution in [-0.2, 0) is 4.79 Å². The summed E-state index contributed by atoms with van der Waals surface area (Å²) in [6, 6.07) is 6.64. The van der Waals surface area contributed by atoms with Gasteiger partial charge in [0.25, 0.3) is 11.6 Å². The number of hydrogen-bond acceptors (Lipinski definition) is 6. The minimum absolute atomic E-state index is 0.00686. The highest BCUT2D eigenvalue weighted by Crippen LogP contribution is 2.32. The van der Waals surface area contributed by atoms with E-state index in [1.165, 1.54) is 22.8 Å². The second kappa shape index (κ2) is 8.43. The number of amidine groups is 2. The SMILES string of the molecule is Cc1ccc([N+](=O)[O-])cc1-n1c(C)cc(/C=C2/C(=N)N3N=C(CC(C)C)SC3=NC2=O)c1C. The number of rotatable bonds is 5. The number of amides is 1. The number of fused-ring (bicyclic) bond motifs is 1. The first kappa shape index (κ1) is 22.7. The van der Waals surface area contributed by atoms with Crippen LogP contribution in [0.1, 0.15) is 42.8 Å². The van der Waals surface area contributed by atoms with E-state index in [2.05, 4.69) is 23.9 Å². The number of aryl methyl sites for hydroxylation is 2. The van der Waals surface area contributed by atoms with E-state index in [0.29, 0.717) is 16.8 Å². The average Bonchev–Trinajstić information content (AvgIpc) is 3.24. The topological polar surface area (TPSA) is 117 Å². The van der Waals surface area contributed by atoms with Gasteiger partial charge in [0.15, 0.2) is 5.84 Å². The number of aromatic nitrogens is 1.